The molecule has 4 rings (SSSR count). The van der Waals surface area contributed by atoms with Crippen LogP contribution in [0.3, 0.4) is 0 Å². The lowest BCUT2D eigenvalue weighted by Gasteiger charge is -2.34. The van der Waals surface area contributed by atoms with Gasteiger partial charge in [0.15, 0.2) is 0 Å². The van der Waals surface area contributed by atoms with E-state index in [1.807, 2.05) is 20.0 Å². The fourth-order valence-electron chi connectivity index (χ4n) is 4.04. The molecule has 2 saturated heterocycles. The molecule has 1 N–H and O–H groups in total. The number of anilines is 1. The zero-order valence-electron chi connectivity index (χ0n) is 18.4. The van der Waals surface area contributed by atoms with Crippen molar-refractivity contribution in [3.8, 4) is 5.88 Å². The highest BCUT2D eigenvalue weighted by Crippen LogP contribution is 2.34. The minimum absolute atomic E-state index is 0.136. The molecule has 2 aliphatic heterocycles. The van der Waals surface area contributed by atoms with E-state index in [9.17, 15) is 14.4 Å². The van der Waals surface area contributed by atoms with E-state index < -0.39 is 6.09 Å². The Morgan fingerprint density at radius 3 is 2.41 bits per heavy atom. The molecule has 0 spiro atoms. The third-order valence-corrected chi connectivity index (χ3v) is 5.80. The lowest BCUT2D eigenvalue weighted by molar-refractivity contribution is -0.132. The van der Waals surface area contributed by atoms with Gasteiger partial charge >= 0.3 is 6.09 Å². The summed E-state index contributed by atoms with van der Waals surface area (Å²) in [5, 5.41) is 0. The van der Waals surface area contributed by atoms with Crippen molar-refractivity contribution in [2.24, 2.45) is 5.41 Å². The zero-order chi connectivity index (χ0) is 22.7. The molecule has 2 aromatic rings. The first-order valence-corrected chi connectivity index (χ1v) is 10.8. The molecule has 10 nitrogen and oxygen atoms in total. The molecule has 3 amide bonds. The van der Waals surface area contributed by atoms with Crippen LogP contribution in [0.4, 0.5) is 10.5 Å². The Bertz CT molecular complexity index is 945. The lowest BCUT2D eigenvalue weighted by atomic mass is 9.81. The molecule has 10 heteroatoms. The van der Waals surface area contributed by atoms with Gasteiger partial charge in [0, 0.05) is 64.2 Å². The van der Waals surface area contributed by atoms with Crippen LogP contribution in [0.25, 0.3) is 0 Å². The number of carbonyl (C=O) groups is 3. The van der Waals surface area contributed by atoms with Crippen LogP contribution in [0.5, 0.6) is 5.88 Å². The number of imide groups is 1. The van der Waals surface area contributed by atoms with E-state index in [0.29, 0.717) is 31.6 Å². The van der Waals surface area contributed by atoms with E-state index in [4.69, 9.17) is 4.74 Å². The number of pyridine rings is 1. The van der Waals surface area contributed by atoms with Crippen LogP contribution in [0, 0.1) is 5.41 Å². The monoisotopic (exact) mass is 440 g/mol. The van der Waals surface area contributed by atoms with Crippen LogP contribution >= 0.6 is 0 Å². The van der Waals surface area contributed by atoms with Crippen molar-refractivity contribution in [3.05, 3.63) is 36.5 Å². The van der Waals surface area contributed by atoms with Crippen molar-refractivity contribution in [2.45, 2.75) is 33.1 Å². The van der Waals surface area contributed by atoms with Gasteiger partial charge in [0.2, 0.25) is 17.7 Å². The van der Waals surface area contributed by atoms with E-state index in [1.54, 1.807) is 17.3 Å². The maximum atomic E-state index is 12.5. The molecule has 0 bridgehead atoms. The van der Waals surface area contributed by atoms with Gasteiger partial charge in [0.25, 0.3) is 0 Å². The summed E-state index contributed by atoms with van der Waals surface area (Å²) in [6, 6.07) is 3.09. The molecule has 2 aliphatic rings. The summed E-state index contributed by atoms with van der Waals surface area (Å²) in [4.78, 5) is 53.7. The van der Waals surface area contributed by atoms with Gasteiger partial charge in [-0.25, -0.2) is 19.7 Å². The third kappa shape index (κ3) is 5.13. The van der Waals surface area contributed by atoms with Crippen LogP contribution in [-0.2, 0) is 16.0 Å². The first-order chi connectivity index (χ1) is 15.3. The number of ether oxygens (including phenoxy) is 1. The Kier molecular flexibility index (Phi) is 6.22. The average Bonchev–Trinajstić information content (AvgIpc) is 3.26. The van der Waals surface area contributed by atoms with Crippen molar-refractivity contribution in [2.75, 3.05) is 37.6 Å². The third-order valence-electron chi connectivity index (χ3n) is 5.80. The molecule has 0 atom stereocenters. The first kappa shape index (κ1) is 21.9. The molecule has 170 valence electrons. The number of rotatable bonds is 5. The lowest BCUT2D eigenvalue weighted by Crippen LogP contribution is -2.50. The molecule has 0 aromatic carbocycles. The van der Waals surface area contributed by atoms with Crippen molar-refractivity contribution in [3.63, 3.8) is 0 Å². The van der Waals surface area contributed by atoms with Crippen molar-refractivity contribution >= 4 is 23.6 Å². The number of imidazole rings is 1. The molecule has 2 fully saturated rings. The van der Waals surface area contributed by atoms with Gasteiger partial charge in [-0.3, -0.25) is 14.5 Å². The number of aromatic nitrogens is 3. The van der Waals surface area contributed by atoms with Gasteiger partial charge in [-0.05, 0) is 11.5 Å². The number of nitrogens with zero attached hydrogens (tertiary/aromatic N) is 5. The molecule has 2 aromatic heterocycles. The number of piperidine rings is 1. The Labute approximate surface area is 186 Å². The topological polar surface area (TPSA) is 112 Å². The minimum atomic E-state index is -0.455. The van der Waals surface area contributed by atoms with Crippen LogP contribution in [0.1, 0.15) is 32.4 Å². The largest absolute Gasteiger partial charge is 0.416 e. The second-order valence-corrected chi connectivity index (χ2v) is 9.00. The van der Waals surface area contributed by atoms with Crippen LogP contribution in [-0.4, -0.2) is 75.4 Å². The summed E-state index contributed by atoms with van der Waals surface area (Å²) in [5.74, 6) is -0.358. The molecule has 32 heavy (non-hydrogen) atoms. The van der Waals surface area contributed by atoms with Gasteiger partial charge in [0.1, 0.15) is 0 Å². The van der Waals surface area contributed by atoms with Crippen LogP contribution < -0.4 is 9.64 Å². The number of hydrogen-bond acceptors (Lipinski definition) is 7. The molecular formula is C22H28N6O4. The first-order valence-electron chi connectivity index (χ1n) is 10.8. The SMILES string of the molecule is CC1(C)CC(=O)N(c2ccc(OC(=O)N3CCN(CCc4c[nH]cn4)CC3)nc2)C(=O)C1. The molecule has 0 unspecified atom stereocenters. The number of nitrogens with one attached hydrogen (secondary N) is 1. The van der Waals surface area contributed by atoms with Crippen molar-refractivity contribution in [1.82, 2.24) is 24.8 Å². The Morgan fingerprint density at radius 2 is 1.81 bits per heavy atom. The van der Waals surface area contributed by atoms with E-state index in [0.717, 1.165) is 36.6 Å². The number of carbonyl (C=O) groups excluding carboxylic acids is 3. The maximum absolute atomic E-state index is 12.5. The molecule has 0 radical (unpaired) electrons. The van der Waals surface area contributed by atoms with Crippen molar-refractivity contribution in [1.29, 1.82) is 0 Å². The molecule has 0 aliphatic carbocycles. The summed E-state index contributed by atoms with van der Waals surface area (Å²) in [6.07, 6.45) is 5.96. The number of aromatic amines is 1. The number of H-pyrrole nitrogens is 1. The van der Waals surface area contributed by atoms with Gasteiger partial charge in [0.05, 0.1) is 23.9 Å². The predicted molar refractivity (Wildman–Crippen MR) is 116 cm³/mol. The number of amides is 3. The second kappa shape index (κ2) is 9.07. The summed E-state index contributed by atoms with van der Waals surface area (Å²) in [7, 11) is 0. The highest BCUT2D eigenvalue weighted by atomic mass is 16.6. The van der Waals surface area contributed by atoms with E-state index in [-0.39, 0.29) is 23.1 Å². The van der Waals surface area contributed by atoms with E-state index in [2.05, 4.69) is 19.9 Å². The summed E-state index contributed by atoms with van der Waals surface area (Å²) < 4.78 is 5.39. The van der Waals surface area contributed by atoms with Gasteiger partial charge < -0.3 is 14.6 Å². The fraction of sp³-hybridized carbons (Fsp3) is 0.500. The number of piperazine rings is 1. The normalized spacial score (nSPS) is 19.3. The number of hydrogen-bond donors (Lipinski definition) is 1. The minimum Gasteiger partial charge on any atom is -0.391 e. The maximum Gasteiger partial charge on any atom is 0.416 e. The molecular weight excluding hydrogens is 412 g/mol. The summed E-state index contributed by atoms with van der Waals surface area (Å²) in [5.41, 5.74) is 1.08. The van der Waals surface area contributed by atoms with E-state index in [1.165, 1.54) is 12.3 Å². The van der Waals surface area contributed by atoms with Gasteiger partial charge in [-0.15, -0.1) is 0 Å². The van der Waals surface area contributed by atoms with Crippen LogP contribution in [0.2, 0.25) is 0 Å². The van der Waals surface area contributed by atoms with Crippen molar-refractivity contribution < 1.29 is 19.1 Å². The summed E-state index contributed by atoms with van der Waals surface area (Å²) in [6.45, 7) is 7.37. The molecule has 0 saturated carbocycles. The smallest absolute Gasteiger partial charge is 0.391 e. The highest BCUT2D eigenvalue weighted by Gasteiger charge is 2.38. The quantitative estimate of drug-likeness (QED) is 0.706. The standard InChI is InChI=1S/C22H28N6O4/c1-22(2)11-19(29)28(20(30)12-22)17-3-4-18(24-14-17)32-21(31)27-9-7-26(8-10-27)6-5-16-13-23-15-25-16/h3-4,13-15H,5-12H2,1-2H3,(H,23,25). The van der Waals surface area contributed by atoms with E-state index >= 15 is 0 Å². The van der Waals surface area contributed by atoms with Gasteiger partial charge in [-0.2, -0.15) is 0 Å². The zero-order valence-corrected chi connectivity index (χ0v) is 18.4. The Morgan fingerprint density at radius 1 is 1.09 bits per heavy atom. The predicted octanol–water partition coefficient (Wildman–Crippen LogP) is 1.84. The van der Waals surface area contributed by atoms with Gasteiger partial charge in [-0.1, -0.05) is 13.8 Å². The second-order valence-electron chi connectivity index (χ2n) is 9.00. The van der Waals surface area contributed by atoms with Crippen LogP contribution in [0.15, 0.2) is 30.9 Å². The highest BCUT2D eigenvalue weighted by molar-refractivity contribution is 6.16. The average molecular weight is 441 g/mol. The Balaban J connectivity index is 1.27. The Hall–Kier alpha value is -3.27. The molecule has 4 heterocycles. The fourth-order valence-corrected chi connectivity index (χ4v) is 4.04. The summed E-state index contributed by atoms with van der Waals surface area (Å²) >= 11 is 0.